The Hall–Kier alpha value is -2.64. The summed E-state index contributed by atoms with van der Waals surface area (Å²) in [6.45, 7) is 2.15. The Morgan fingerprint density at radius 1 is 1.03 bits per heavy atom. The third kappa shape index (κ3) is 5.35. The van der Waals surface area contributed by atoms with Gasteiger partial charge in [0.2, 0.25) is 6.86 Å². The van der Waals surface area contributed by atoms with Gasteiger partial charge in [0.05, 0.1) is 5.39 Å². The number of hydrogen-bond acceptors (Lipinski definition) is 6. The number of fused-ring (bicyclic) bond motifs is 1. The van der Waals surface area contributed by atoms with Crippen LogP contribution in [0.15, 0.2) is 59.8 Å². The third-order valence-corrected chi connectivity index (χ3v) is 6.47. The molecule has 0 spiro atoms. The molecule has 4 rings (SSSR count). The minimum Gasteiger partial charge on any atom is -0.463 e. The smallest absolute Gasteiger partial charge is 0.228 e. The topological polar surface area (TPSA) is 47.0 Å². The highest BCUT2D eigenvalue weighted by Gasteiger charge is 2.10. The first-order chi connectivity index (χ1) is 15.2. The van der Waals surface area contributed by atoms with Crippen molar-refractivity contribution in [2.24, 2.45) is 0 Å². The molecular weight excluding hydrogens is 429 g/mol. The maximum atomic E-state index is 12.2. The first-order valence-corrected chi connectivity index (χ1v) is 12.1. The van der Waals surface area contributed by atoms with E-state index in [0.717, 1.165) is 51.7 Å². The molecule has 2 aromatic heterocycles. The quantitative estimate of drug-likeness (QED) is 0.173. The Morgan fingerprint density at radius 3 is 2.42 bits per heavy atom. The number of nitrogens with zero attached hydrogens (tertiary/aromatic N) is 2. The number of thiophene rings is 1. The molecule has 0 unspecified atom stereocenters. The van der Waals surface area contributed by atoms with E-state index in [9.17, 15) is 4.39 Å². The van der Waals surface area contributed by atoms with Crippen molar-refractivity contribution >= 4 is 39.1 Å². The molecule has 0 amide bonds. The van der Waals surface area contributed by atoms with Crippen molar-refractivity contribution in [1.29, 1.82) is 0 Å². The van der Waals surface area contributed by atoms with Crippen LogP contribution in [0, 0.1) is 6.92 Å². The van der Waals surface area contributed by atoms with Crippen molar-refractivity contribution in [2.75, 3.05) is 25.0 Å². The Bertz CT molecular complexity index is 1140. The van der Waals surface area contributed by atoms with Crippen LogP contribution >= 0.6 is 23.1 Å². The van der Waals surface area contributed by atoms with Crippen LogP contribution in [-0.4, -0.2) is 29.6 Å². The van der Waals surface area contributed by atoms with E-state index in [2.05, 4.69) is 52.5 Å². The van der Waals surface area contributed by atoms with E-state index in [-0.39, 0.29) is 0 Å². The van der Waals surface area contributed by atoms with E-state index in [0.29, 0.717) is 5.75 Å². The summed E-state index contributed by atoms with van der Waals surface area (Å²) in [7, 11) is 0. The van der Waals surface area contributed by atoms with E-state index in [1.807, 2.05) is 18.4 Å². The Balaban J connectivity index is 1.34. The summed E-state index contributed by atoms with van der Waals surface area (Å²) < 4.78 is 17.1. The van der Waals surface area contributed by atoms with Gasteiger partial charge in [0.15, 0.2) is 5.16 Å². The van der Waals surface area contributed by atoms with Gasteiger partial charge in [-0.3, -0.25) is 0 Å². The average Bonchev–Trinajstić information content (AvgIpc) is 3.18. The second kappa shape index (κ2) is 10.1. The first-order valence-electron chi connectivity index (χ1n) is 10.1. The number of ether oxygens (including phenoxy) is 1. The molecule has 2 heterocycles. The lowest BCUT2D eigenvalue weighted by Gasteiger charge is -2.09. The van der Waals surface area contributed by atoms with Crippen LogP contribution < -0.4 is 10.1 Å². The Labute approximate surface area is 189 Å². The van der Waals surface area contributed by atoms with Crippen LogP contribution in [0.2, 0.25) is 0 Å². The molecule has 0 saturated heterocycles. The van der Waals surface area contributed by atoms with E-state index in [4.69, 9.17) is 4.74 Å². The number of rotatable bonds is 9. The van der Waals surface area contributed by atoms with Crippen LogP contribution in [0.1, 0.15) is 16.9 Å². The number of nitrogens with one attached hydrogen (secondary N) is 1. The Morgan fingerprint density at radius 2 is 1.74 bits per heavy atom. The van der Waals surface area contributed by atoms with Gasteiger partial charge in [-0.15, -0.1) is 11.3 Å². The lowest BCUT2D eigenvalue weighted by atomic mass is 10.0. The molecule has 160 valence electrons. The predicted molar refractivity (Wildman–Crippen MR) is 129 cm³/mol. The summed E-state index contributed by atoms with van der Waals surface area (Å²) in [4.78, 5) is 11.5. The molecule has 0 atom stereocenters. The lowest BCUT2D eigenvalue weighted by molar-refractivity contribution is 0.192. The maximum absolute atomic E-state index is 12.2. The Kier molecular flexibility index (Phi) is 7.04. The average molecular weight is 454 g/mol. The van der Waals surface area contributed by atoms with E-state index in [1.54, 1.807) is 35.2 Å². The number of thioether (sulfide) groups is 1. The summed E-state index contributed by atoms with van der Waals surface area (Å²) in [5, 5.41) is 5.41. The van der Waals surface area contributed by atoms with Crippen molar-refractivity contribution in [3.05, 3.63) is 65.0 Å². The number of aryl methyl sites for hydroxylation is 2. The molecule has 0 aliphatic carbocycles. The fourth-order valence-corrected chi connectivity index (χ4v) is 4.72. The molecule has 2 aromatic carbocycles. The molecule has 0 aliphatic rings. The zero-order chi connectivity index (χ0) is 21.6. The van der Waals surface area contributed by atoms with Gasteiger partial charge in [0.25, 0.3) is 0 Å². The molecule has 31 heavy (non-hydrogen) atoms. The maximum Gasteiger partial charge on any atom is 0.228 e. The largest absolute Gasteiger partial charge is 0.463 e. The van der Waals surface area contributed by atoms with Crippen molar-refractivity contribution in [1.82, 2.24) is 9.97 Å². The van der Waals surface area contributed by atoms with Gasteiger partial charge < -0.3 is 10.1 Å². The standard InChI is InChI=1S/C24H24FN3OS2/c1-16-14-21-22(27-24(30-2)28-23(21)31-16)26-13-3-4-17-5-7-18(8-6-17)19-9-11-20(12-10-19)29-15-25/h5-12,14H,3-4,13,15H2,1-2H3,(H,26,27,28). The molecule has 0 radical (unpaired) electrons. The third-order valence-electron chi connectivity index (χ3n) is 4.98. The molecular formula is C24H24FN3OS2. The zero-order valence-electron chi connectivity index (χ0n) is 17.5. The molecule has 7 heteroatoms. The van der Waals surface area contributed by atoms with Gasteiger partial charge in [-0.05, 0) is 60.9 Å². The highest BCUT2D eigenvalue weighted by molar-refractivity contribution is 7.98. The highest BCUT2D eigenvalue weighted by Crippen LogP contribution is 2.30. The van der Waals surface area contributed by atoms with Crippen LogP contribution in [0.25, 0.3) is 21.3 Å². The van der Waals surface area contributed by atoms with Crippen molar-refractivity contribution in [3.8, 4) is 16.9 Å². The van der Waals surface area contributed by atoms with Gasteiger partial charge >= 0.3 is 0 Å². The minimum atomic E-state index is -0.809. The summed E-state index contributed by atoms with van der Waals surface area (Å²) in [6, 6.07) is 18.2. The molecule has 1 N–H and O–H groups in total. The van der Waals surface area contributed by atoms with Crippen LogP contribution in [0.4, 0.5) is 10.2 Å². The monoisotopic (exact) mass is 453 g/mol. The number of hydrogen-bond donors (Lipinski definition) is 1. The number of alkyl halides is 1. The van der Waals surface area contributed by atoms with Crippen LogP contribution in [0.5, 0.6) is 5.75 Å². The summed E-state index contributed by atoms with van der Waals surface area (Å²) in [5.74, 6) is 1.47. The SMILES string of the molecule is CSc1nc(NCCCc2ccc(-c3ccc(OCF)cc3)cc2)c2cc(C)sc2n1. The highest BCUT2D eigenvalue weighted by atomic mass is 32.2. The molecule has 4 aromatic rings. The normalized spacial score (nSPS) is 11.1. The second-order valence-corrected chi connectivity index (χ2v) is 9.15. The first kappa shape index (κ1) is 21.6. The fraction of sp³-hybridized carbons (Fsp3) is 0.250. The van der Waals surface area contributed by atoms with Crippen molar-refractivity contribution in [3.63, 3.8) is 0 Å². The number of benzene rings is 2. The van der Waals surface area contributed by atoms with Crippen molar-refractivity contribution in [2.45, 2.75) is 24.9 Å². The minimum absolute atomic E-state index is 0.540. The molecule has 0 aliphatic heterocycles. The zero-order valence-corrected chi connectivity index (χ0v) is 19.2. The number of halogens is 1. The van der Waals surface area contributed by atoms with E-state index < -0.39 is 6.86 Å². The van der Waals surface area contributed by atoms with Gasteiger partial charge in [-0.1, -0.05) is 48.2 Å². The van der Waals surface area contributed by atoms with E-state index in [1.165, 1.54) is 10.4 Å². The number of aromatic nitrogens is 2. The predicted octanol–water partition coefficient (Wildman–Crippen LogP) is 6.74. The molecule has 0 fully saturated rings. The second-order valence-electron chi connectivity index (χ2n) is 7.14. The summed E-state index contributed by atoms with van der Waals surface area (Å²) in [6.07, 6.45) is 4.00. The van der Waals surface area contributed by atoms with Crippen LogP contribution in [0.3, 0.4) is 0 Å². The van der Waals surface area contributed by atoms with Gasteiger partial charge in [0, 0.05) is 11.4 Å². The lowest BCUT2D eigenvalue weighted by Crippen LogP contribution is -2.06. The van der Waals surface area contributed by atoms with Gasteiger partial charge in [-0.2, -0.15) is 0 Å². The fourth-order valence-electron chi connectivity index (χ4n) is 3.42. The van der Waals surface area contributed by atoms with Crippen LogP contribution in [-0.2, 0) is 6.42 Å². The molecule has 4 nitrogen and oxygen atoms in total. The molecule has 0 bridgehead atoms. The van der Waals surface area contributed by atoms with Gasteiger partial charge in [0.1, 0.15) is 16.4 Å². The summed E-state index contributed by atoms with van der Waals surface area (Å²) >= 11 is 3.27. The van der Waals surface area contributed by atoms with Crippen molar-refractivity contribution < 1.29 is 9.13 Å². The van der Waals surface area contributed by atoms with Gasteiger partial charge in [-0.25, -0.2) is 14.4 Å². The van der Waals surface area contributed by atoms with E-state index >= 15 is 0 Å². The molecule has 0 saturated carbocycles. The summed E-state index contributed by atoms with van der Waals surface area (Å²) in [5.41, 5.74) is 3.52. The number of anilines is 1.